The van der Waals surface area contributed by atoms with Gasteiger partial charge >= 0.3 is 6.09 Å². The number of likely N-dealkylation sites (tertiary alicyclic amines) is 1. The van der Waals surface area contributed by atoms with Gasteiger partial charge in [0.25, 0.3) is 0 Å². The van der Waals surface area contributed by atoms with Gasteiger partial charge in [-0.3, -0.25) is 19.2 Å². The molecule has 0 aliphatic carbocycles. The molecule has 46 heavy (non-hydrogen) atoms. The number of fused-ring (bicyclic) bond motifs is 3. The average molecular weight is 645 g/mol. The first kappa shape index (κ1) is 31.8. The number of amides is 1. The molecule has 0 bridgehead atoms. The summed E-state index contributed by atoms with van der Waals surface area (Å²) in [6.07, 6.45) is 16.7. The molecule has 1 saturated heterocycles. The number of piperidine rings is 1. The van der Waals surface area contributed by atoms with E-state index in [1.807, 2.05) is 58.7 Å². The topological polar surface area (TPSA) is 109 Å². The highest BCUT2D eigenvalue weighted by atomic mass is 32.2. The van der Waals surface area contributed by atoms with Crippen LogP contribution >= 0.6 is 0 Å². The van der Waals surface area contributed by atoms with E-state index in [0.717, 1.165) is 50.1 Å². The second-order valence-electron chi connectivity index (χ2n) is 12.9. The third-order valence-electron chi connectivity index (χ3n) is 7.93. The normalized spacial score (nSPS) is 14.5. The Kier molecular flexibility index (Phi) is 9.19. The first-order valence-corrected chi connectivity index (χ1v) is 17.7. The molecule has 0 saturated carbocycles. The first-order valence-electron chi connectivity index (χ1n) is 15.5. The summed E-state index contributed by atoms with van der Waals surface area (Å²) in [5, 5.41) is 6.38. The molecule has 1 aliphatic rings. The Bertz CT molecular complexity index is 1840. The summed E-state index contributed by atoms with van der Waals surface area (Å²) in [5.74, 6) is 1.73. The van der Waals surface area contributed by atoms with E-state index in [1.54, 1.807) is 22.0 Å². The molecule has 11 nitrogen and oxygen atoms in total. The van der Waals surface area contributed by atoms with Gasteiger partial charge in [-0.1, -0.05) is 0 Å². The predicted molar refractivity (Wildman–Crippen MR) is 182 cm³/mol. The summed E-state index contributed by atoms with van der Waals surface area (Å²) in [7, 11) is 2.22. The van der Waals surface area contributed by atoms with Crippen LogP contribution in [0.5, 0.6) is 5.75 Å². The minimum absolute atomic E-state index is 0.0414. The molecule has 0 aromatic carbocycles. The van der Waals surface area contributed by atoms with Crippen molar-refractivity contribution in [2.24, 2.45) is 7.05 Å². The molecule has 0 atom stereocenters. The fourth-order valence-corrected chi connectivity index (χ4v) is 6.04. The first-order chi connectivity index (χ1) is 22.1. The third kappa shape index (κ3) is 7.13. The summed E-state index contributed by atoms with van der Waals surface area (Å²) < 4.78 is 22.1. The van der Waals surface area contributed by atoms with E-state index < -0.39 is 5.60 Å². The standard InChI is InChI=1S/C34H42N7O4S/c1-34(2,3)45-33(42)40-11-8-25(9-12-40)44-31-7-10-35-19-28(31)29-16-26-27-15-23(24-18-38-39(4)21-24)17-37-32(27)41(30(26)20-36-29)22-43-13-14-46(5)6/h7,10,15-21,25H,8-9,11-14,22H2,1-6H3/q+1. The minimum Gasteiger partial charge on any atom is -0.489 e. The van der Waals surface area contributed by atoms with Crippen molar-refractivity contribution < 1.29 is 19.0 Å². The SMILES string of the molecule is Cn1cc(-c2cnc3c(c2)c2cc(-c4cnccc4OC4CCN(C(=O)OC(C)(C)C)CC4)ncc2n3COCC[S+](C)C)cn1. The number of carbonyl (C=O) groups is 1. The highest BCUT2D eigenvalue weighted by Crippen LogP contribution is 2.36. The summed E-state index contributed by atoms with van der Waals surface area (Å²) in [6, 6.07) is 6.14. The van der Waals surface area contributed by atoms with Crippen LogP contribution in [0.2, 0.25) is 0 Å². The van der Waals surface area contributed by atoms with E-state index in [-0.39, 0.29) is 12.2 Å². The monoisotopic (exact) mass is 644 g/mol. The van der Waals surface area contributed by atoms with E-state index in [9.17, 15) is 4.79 Å². The molecule has 5 aromatic rings. The van der Waals surface area contributed by atoms with Crippen molar-refractivity contribution in [3.05, 3.63) is 55.4 Å². The Morgan fingerprint density at radius 3 is 2.54 bits per heavy atom. The van der Waals surface area contributed by atoms with Crippen LogP contribution in [0.4, 0.5) is 4.79 Å². The summed E-state index contributed by atoms with van der Waals surface area (Å²) in [5.41, 5.74) is 4.83. The Labute approximate surface area is 272 Å². The van der Waals surface area contributed by atoms with Gasteiger partial charge in [0.1, 0.15) is 35.6 Å². The number of aromatic nitrogens is 6. The van der Waals surface area contributed by atoms with E-state index in [2.05, 4.69) is 39.3 Å². The van der Waals surface area contributed by atoms with Crippen molar-refractivity contribution in [1.29, 1.82) is 0 Å². The number of ether oxygens (including phenoxy) is 3. The van der Waals surface area contributed by atoms with E-state index in [1.165, 1.54) is 0 Å². The molecule has 0 N–H and O–H groups in total. The highest BCUT2D eigenvalue weighted by molar-refractivity contribution is 7.95. The van der Waals surface area contributed by atoms with Crippen LogP contribution in [0.25, 0.3) is 44.3 Å². The zero-order valence-corrected chi connectivity index (χ0v) is 28.2. The van der Waals surface area contributed by atoms with Crippen molar-refractivity contribution in [3.8, 4) is 28.1 Å². The molecular weight excluding hydrogens is 602 g/mol. The predicted octanol–water partition coefficient (Wildman–Crippen LogP) is 5.68. The Morgan fingerprint density at radius 1 is 1.02 bits per heavy atom. The molecule has 1 fully saturated rings. The summed E-state index contributed by atoms with van der Waals surface area (Å²) in [4.78, 5) is 28.5. The van der Waals surface area contributed by atoms with Gasteiger partial charge in [0.15, 0.2) is 0 Å². The van der Waals surface area contributed by atoms with Crippen LogP contribution in [-0.4, -0.2) is 90.0 Å². The zero-order chi connectivity index (χ0) is 32.4. The number of aryl methyl sites for hydroxylation is 1. The largest absolute Gasteiger partial charge is 0.489 e. The molecule has 1 aliphatic heterocycles. The van der Waals surface area contributed by atoms with Crippen LogP contribution < -0.4 is 4.74 Å². The molecule has 6 heterocycles. The molecule has 1 amide bonds. The summed E-state index contributed by atoms with van der Waals surface area (Å²) in [6.45, 7) is 7.88. The lowest BCUT2D eigenvalue weighted by Gasteiger charge is -2.33. The van der Waals surface area contributed by atoms with Gasteiger partial charge in [-0.05, 0) is 49.9 Å². The van der Waals surface area contributed by atoms with Crippen molar-refractivity contribution in [1.82, 2.24) is 34.2 Å². The third-order valence-corrected chi connectivity index (χ3v) is 8.91. The van der Waals surface area contributed by atoms with Crippen LogP contribution in [0.1, 0.15) is 33.6 Å². The van der Waals surface area contributed by atoms with Crippen molar-refractivity contribution >= 4 is 38.9 Å². The van der Waals surface area contributed by atoms with E-state index in [4.69, 9.17) is 24.2 Å². The van der Waals surface area contributed by atoms with Gasteiger partial charge in [0, 0.05) is 79.7 Å². The van der Waals surface area contributed by atoms with E-state index in [0.29, 0.717) is 55.9 Å². The lowest BCUT2D eigenvalue weighted by Crippen LogP contribution is -2.44. The van der Waals surface area contributed by atoms with Gasteiger partial charge in [-0.25, -0.2) is 9.78 Å². The minimum atomic E-state index is -0.520. The summed E-state index contributed by atoms with van der Waals surface area (Å²) >= 11 is 0. The Morgan fingerprint density at radius 2 is 1.83 bits per heavy atom. The molecular formula is C34H42N7O4S+. The van der Waals surface area contributed by atoms with Crippen molar-refractivity contribution in [2.45, 2.75) is 52.0 Å². The van der Waals surface area contributed by atoms with Gasteiger partial charge < -0.3 is 19.1 Å². The highest BCUT2D eigenvalue weighted by Gasteiger charge is 2.28. The fraction of sp³-hybridized carbons (Fsp3) is 0.441. The van der Waals surface area contributed by atoms with E-state index >= 15 is 0 Å². The Hall–Kier alpha value is -4.16. The Balaban J connectivity index is 1.30. The lowest BCUT2D eigenvalue weighted by molar-refractivity contribution is 0.0127. The number of pyridine rings is 3. The molecule has 12 heteroatoms. The number of hydrogen-bond donors (Lipinski definition) is 0. The number of nitrogens with zero attached hydrogens (tertiary/aromatic N) is 7. The quantitative estimate of drug-likeness (QED) is 0.149. The van der Waals surface area contributed by atoms with Crippen LogP contribution in [0.3, 0.4) is 0 Å². The number of carbonyl (C=O) groups excluding carboxylic acids is 1. The van der Waals surface area contributed by atoms with Crippen molar-refractivity contribution in [2.75, 3.05) is 38.0 Å². The number of rotatable bonds is 9. The smallest absolute Gasteiger partial charge is 0.410 e. The molecule has 0 radical (unpaired) electrons. The van der Waals surface area contributed by atoms with Crippen LogP contribution in [-0.2, 0) is 34.1 Å². The van der Waals surface area contributed by atoms with Gasteiger partial charge in [-0.15, -0.1) is 0 Å². The van der Waals surface area contributed by atoms with Crippen LogP contribution in [0, 0.1) is 0 Å². The fourth-order valence-electron chi connectivity index (χ4n) is 5.59. The maximum absolute atomic E-state index is 12.6. The molecule has 0 spiro atoms. The van der Waals surface area contributed by atoms with Gasteiger partial charge in [-0.2, -0.15) is 5.10 Å². The maximum Gasteiger partial charge on any atom is 0.410 e. The second-order valence-corrected chi connectivity index (χ2v) is 15.3. The second kappa shape index (κ2) is 13.3. The zero-order valence-electron chi connectivity index (χ0n) is 27.4. The lowest BCUT2D eigenvalue weighted by atomic mass is 10.1. The maximum atomic E-state index is 12.6. The van der Waals surface area contributed by atoms with Crippen molar-refractivity contribution in [3.63, 3.8) is 0 Å². The average Bonchev–Trinajstić information content (AvgIpc) is 3.59. The van der Waals surface area contributed by atoms with Gasteiger partial charge in [0.05, 0.1) is 48.3 Å². The molecule has 0 unspecified atom stereocenters. The van der Waals surface area contributed by atoms with Crippen LogP contribution in [0.15, 0.2) is 55.4 Å². The van der Waals surface area contributed by atoms with Gasteiger partial charge in [0.2, 0.25) is 0 Å². The number of hydrogen-bond acceptors (Lipinski definition) is 8. The molecule has 242 valence electrons. The molecule has 6 rings (SSSR count). The molecule has 5 aromatic heterocycles.